The first-order chi connectivity index (χ1) is 13.1. The molecule has 0 radical (unpaired) electrons. The van der Waals surface area contributed by atoms with Gasteiger partial charge in [-0.25, -0.2) is 0 Å². The summed E-state index contributed by atoms with van der Waals surface area (Å²) in [5, 5.41) is 9.38. The van der Waals surface area contributed by atoms with E-state index in [1.165, 1.54) is 0 Å². The molecular formula is C20H31N5O2. The first kappa shape index (κ1) is 20.7. The van der Waals surface area contributed by atoms with Crippen LogP contribution in [0.2, 0.25) is 0 Å². The highest BCUT2D eigenvalue weighted by atomic mass is 16.2. The van der Waals surface area contributed by atoms with Crippen LogP contribution in [0.25, 0.3) is 0 Å². The Balaban J connectivity index is 1.85. The highest BCUT2D eigenvalue weighted by Gasteiger charge is 2.22. The minimum absolute atomic E-state index is 0.105. The number of nitrogens with zero attached hydrogens (tertiary/aromatic N) is 2. The molecule has 0 bridgehead atoms. The van der Waals surface area contributed by atoms with E-state index in [1.807, 2.05) is 24.3 Å². The number of carbonyl (C=O) groups is 2. The minimum Gasteiger partial charge on any atom is -0.356 e. The van der Waals surface area contributed by atoms with Crippen molar-refractivity contribution in [2.24, 2.45) is 10.9 Å². The molecule has 0 atom stereocenters. The van der Waals surface area contributed by atoms with Gasteiger partial charge < -0.3 is 20.9 Å². The molecule has 1 aliphatic heterocycles. The van der Waals surface area contributed by atoms with Gasteiger partial charge in [-0.3, -0.25) is 14.6 Å². The Morgan fingerprint density at radius 1 is 1.22 bits per heavy atom. The molecule has 1 aromatic rings. The van der Waals surface area contributed by atoms with Crippen molar-refractivity contribution in [2.45, 2.75) is 33.2 Å². The topological polar surface area (TPSA) is 85.8 Å². The summed E-state index contributed by atoms with van der Waals surface area (Å²) in [5.41, 5.74) is 1.66. The number of carbonyl (C=O) groups excluding carboxylic acids is 2. The second-order valence-corrected chi connectivity index (χ2v) is 6.76. The quantitative estimate of drug-likeness (QED) is 0.498. The molecule has 7 nitrogen and oxygen atoms in total. The van der Waals surface area contributed by atoms with Crippen molar-refractivity contribution in [1.29, 1.82) is 0 Å². The van der Waals surface area contributed by atoms with Gasteiger partial charge in [0.1, 0.15) is 0 Å². The molecule has 1 saturated heterocycles. The van der Waals surface area contributed by atoms with Crippen molar-refractivity contribution < 1.29 is 9.59 Å². The Morgan fingerprint density at radius 2 is 1.93 bits per heavy atom. The van der Waals surface area contributed by atoms with Crippen LogP contribution < -0.4 is 16.0 Å². The number of piperazine rings is 1. The van der Waals surface area contributed by atoms with Crippen molar-refractivity contribution in [3.8, 4) is 0 Å². The lowest BCUT2D eigenvalue weighted by molar-refractivity contribution is -0.123. The second-order valence-electron chi connectivity index (χ2n) is 6.76. The van der Waals surface area contributed by atoms with Gasteiger partial charge in [-0.1, -0.05) is 38.8 Å². The smallest absolute Gasteiger partial charge is 0.254 e. The normalized spacial score (nSPS) is 14.9. The van der Waals surface area contributed by atoms with E-state index in [1.54, 1.807) is 11.9 Å². The summed E-state index contributed by atoms with van der Waals surface area (Å²) in [7, 11) is 1.76. The zero-order valence-corrected chi connectivity index (χ0v) is 16.5. The van der Waals surface area contributed by atoms with Gasteiger partial charge in [0.15, 0.2) is 5.96 Å². The lowest BCUT2D eigenvalue weighted by Crippen LogP contribution is -2.49. The highest BCUT2D eigenvalue weighted by Crippen LogP contribution is 2.09. The summed E-state index contributed by atoms with van der Waals surface area (Å²) in [6, 6.07) is 7.48. The number of benzene rings is 1. The molecule has 1 aliphatic rings. The Morgan fingerprint density at radius 3 is 2.52 bits per heavy atom. The van der Waals surface area contributed by atoms with Gasteiger partial charge in [0.25, 0.3) is 5.91 Å². The van der Waals surface area contributed by atoms with Gasteiger partial charge in [-0.15, -0.1) is 0 Å². The average molecular weight is 374 g/mol. The van der Waals surface area contributed by atoms with Crippen molar-refractivity contribution >= 4 is 17.8 Å². The second kappa shape index (κ2) is 10.5. The van der Waals surface area contributed by atoms with Gasteiger partial charge in [-0.05, 0) is 23.6 Å². The van der Waals surface area contributed by atoms with Gasteiger partial charge in [0.2, 0.25) is 5.91 Å². The fraction of sp³-hybridized carbons (Fsp3) is 0.550. The first-order valence-electron chi connectivity index (χ1n) is 9.66. The molecule has 0 unspecified atom stereocenters. The molecule has 0 aliphatic carbocycles. The molecule has 1 heterocycles. The molecule has 1 aromatic carbocycles. The number of hydrogen-bond donors (Lipinski definition) is 3. The van der Waals surface area contributed by atoms with Crippen LogP contribution in [0.5, 0.6) is 0 Å². The third-order valence-electron chi connectivity index (χ3n) is 4.92. The van der Waals surface area contributed by atoms with Crippen LogP contribution in [-0.4, -0.2) is 55.9 Å². The van der Waals surface area contributed by atoms with E-state index in [4.69, 9.17) is 0 Å². The van der Waals surface area contributed by atoms with Crippen LogP contribution >= 0.6 is 0 Å². The Bertz CT molecular complexity index is 653. The summed E-state index contributed by atoms with van der Waals surface area (Å²) >= 11 is 0. The lowest BCUT2D eigenvalue weighted by atomic mass is 10.0. The van der Waals surface area contributed by atoms with Crippen molar-refractivity contribution in [2.75, 3.05) is 33.2 Å². The average Bonchev–Trinajstić information content (AvgIpc) is 2.70. The maximum absolute atomic E-state index is 12.5. The summed E-state index contributed by atoms with van der Waals surface area (Å²) < 4.78 is 0. The van der Waals surface area contributed by atoms with E-state index in [2.05, 4.69) is 34.8 Å². The molecular weight excluding hydrogens is 342 g/mol. The monoisotopic (exact) mass is 373 g/mol. The molecule has 2 rings (SSSR count). The van der Waals surface area contributed by atoms with Gasteiger partial charge in [0, 0.05) is 38.8 Å². The summed E-state index contributed by atoms with van der Waals surface area (Å²) in [5.74, 6) is 1.21. The van der Waals surface area contributed by atoms with E-state index in [0.29, 0.717) is 31.1 Å². The Labute approximate surface area is 161 Å². The van der Waals surface area contributed by atoms with Crippen LogP contribution in [0.4, 0.5) is 0 Å². The van der Waals surface area contributed by atoms with E-state index >= 15 is 0 Å². The van der Waals surface area contributed by atoms with Crippen LogP contribution in [-0.2, 0) is 11.3 Å². The van der Waals surface area contributed by atoms with E-state index < -0.39 is 0 Å². The third kappa shape index (κ3) is 6.27. The zero-order valence-electron chi connectivity index (χ0n) is 16.5. The zero-order chi connectivity index (χ0) is 19.6. The molecule has 2 amide bonds. The predicted octanol–water partition coefficient (Wildman–Crippen LogP) is 1.36. The van der Waals surface area contributed by atoms with E-state index in [0.717, 1.165) is 30.9 Å². The maximum atomic E-state index is 12.5. The van der Waals surface area contributed by atoms with Crippen molar-refractivity contribution in [3.63, 3.8) is 0 Å². The molecule has 0 spiro atoms. The van der Waals surface area contributed by atoms with Gasteiger partial charge in [-0.2, -0.15) is 0 Å². The standard InChI is InChI=1S/C20H31N5O2/c1-4-15(5-2)12-23-20(21-3)24-13-16-6-8-17(9-7-16)19(27)25-11-10-22-18(26)14-25/h6-9,15H,4-5,10-14H2,1-3H3,(H,22,26)(H2,21,23,24). The van der Waals surface area contributed by atoms with Crippen LogP contribution in [0, 0.1) is 5.92 Å². The molecule has 0 saturated carbocycles. The first-order valence-corrected chi connectivity index (χ1v) is 9.66. The molecule has 0 aromatic heterocycles. The summed E-state index contributed by atoms with van der Waals surface area (Å²) in [4.78, 5) is 29.8. The molecule has 3 N–H and O–H groups in total. The van der Waals surface area contributed by atoms with Crippen LogP contribution in [0.15, 0.2) is 29.3 Å². The number of guanidine groups is 1. The molecule has 7 heteroatoms. The van der Waals surface area contributed by atoms with E-state index in [9.17, 15) is 9.59 Å². The number of hydrogen-bond acceptors (Lipinski definition) is 3. The van der Waals surface area contributed by atoms with Gasteiger partial charge >= 0.3 is 0 Å². The fourth-order valence-corrected chi connectivity index (χ4v) is 2.98. The maximum Gasteiger partial charge on any atom is 0.254 e. The largest absolute Gasteiger partial charge is 0.356 e. The van der Waals surface area contributed by atoms with E-state index in [-0.39, 0.29) is 18.4 Å². The van der Waals surface area contributed by atoms with Gasteiger partial charge in [0.05, 0.1) is 6.54 Å². The number of rotatable bonds is 7. The predicted molar refractivity (Wildman–Crippen MR) is 108 cm³/mol. The fourth-order valence-electron chi connectivity index (χ4n) is 2.98. The molecule has 27 heavy (non-hydrogen) atoms. The Hall–Kier alpha value is -2.57. The number of aliphatic imine (C=N–C) groups is 1. The minimum atomic E-state index is -0.109. The Kier molecular flexibility index (Phi) is 8.10. The summed E-state index contributed by atoms with van der Waals surface area (Å²) in [6.07, 6.45) is 2.29. The molecule has 148 valence electrons. The van der Waals surface area contributed by atoms with Crippen LogP contribution in [0.3, 0.4) is 0 Å². The number of amides is 2. The van der Waals surface area contributed by atoms with Crippen molar-refractivity contribution in [1.82, 2.24) is 20.9 Å². The number of nitrogens with one attached hydrogen (secondary N) is 3. The highest BCUT2D eigenvalue weighted by molar-refractivity contribution is 5.97. The third-order valence-corrected chi connectivity index (χ3v) is 4.92. The van der Waals surface area contributed by atoms with Crippen molar-refractivity contribution in [3.05, 3.63) is 35.4 Å². The molecule has 1 fully saturated rings. The summed E-state index contributed by atoms with van der Waals surface area (Å²) in [6.45, 7) is 7.12. The van der Waals surface area contributed by atoms with Crippen LogP contribution in [0.1, 0.15) is 42.6 Å². The lowest BCUT2D eigenvalue weighted by Gasteiger charge is -2.26. The SMILES string of the molecule is CCC(CC)CNC(=NC)NCc1ccc(C(=O)N2CCNC(=O)C2)cc1.